The molecule has 2 spiro atoms. The van der Waals surface area contributed by atoms with E-state index in [0.717, 1.165) is 51.4 Å². The summed E-state index contributed by atoms with van der Waals surface area (Å²) in [5, 5.41) is 33.4. The summed E-state index contributed by atoms with van der Waals surface area (Å²) in [7, 11) is 0. The van der Waals surface area contributed by atoms with Crippen LogP contribution in [0.3, 0.4) is 0 Å². The van der Waals surface area contributed by atoms with Crippen molar-refractivity contribution in [3.63, 3.8) is 0 Å². The number of rotatable bonds is 2. The summed E-state index contributed by atoms with van der Waals surface area (Å²) in [6.45, 7) is 12.5. The van der Waals surface area contributed by atoms with Crippen LogP contribution in [0.1, 0.15) is 105 Å². The molecule has 0 aromatic rings. The van der Waals surface area contributed by atoms with E-state index in [1.165, 1.54) is 12.8 Å². The number of fused-ring (bicyclic) bond motifs is 5. The quantitative estimate of drug-likeness (QED) is 0.374. The van der Waals surface area contributed by atoms with E-state index in [-0.39, 0.29) is 50.9 Å². The molecule has 0 aromatic heterocycles. The molecular formula is C33H50O5. The van der Waals surface area contributed by atoms with Crippen molar-refractivity contribution in [2.75, 3.05) is 13.2 Å². The summed E-state index contributed by atoms with van der Waals surface area (Å²) in [4.78, 5) is 12.5. The predicted octanol–water partition coefficient (Wildman–Crippen LogP) is 6.18. The highest BCUT2D eigenvalue weighted by molar-refractivity contribution is 5.74. The highest BCUT2D eigenvalue weighted by Crippen LogP contribution is 2.85. The van der Waals surface area contributed by atoms with E-state index < -0.39 is 17.2 Å². The van der Waals surface area contributed by atoms with Crippen LogP contribution < -0.4 is 0 Å². The van der Waals surface area contributed by atoms with Gasteiger partial charge in [0.05, 0.1) is 18.6 Å². The molecule has 212 valence electrons. The lowest BCUT2D eigenvalue weighted by Gasteiger charge is -2.79. The first kappa shape index (κ1) is 26.0. The SMILES string of the molecule is CC1C2(O)CC3C=CCC45CCC6(C)C7CC(C)(C(=O)O)CCC7(C)CCC6(C)C4CCC1(CO2)C35CO. The van der Waals surface area contributed by atoms with Gasteiger partial charge in [0.1, 0.15) is 0 Å². The molecule has 7 rings (SSSR count). The molecule has 5 saturated carbocycles. The van der Waals surface area contributed by atoms with Crippen molar-refractivity contribution in [2.45, 2.75) is 111 Å². The number of aliphatic hydroxyl groups excluding tert-OH is 1. The lowest BCUT2D eigenvalue weighted by molar-refractivity contribution is -0.324. The molecule has 2 bridgehead atoms. The fraction of sp³-hybridized carbons (Fsp3) is 0.909. The van der Waals surface area contributed by atoms with E-state index in [0.29, 0.717) is 24.9 Å². The summed E-state index contributed by atoms with van der Waals surface area (Å²) in [6, 6.07) is 0. The first-order chi connectivity index (χ1) is 17.7. The molecule has 5 nitrogen and oxygen atoms in total. The van der Waals surface area contributed by atoms with Gasteiger partial charge in [-0.3, -0.25) is 4.79 Å². The van der Waals surface area contributed by atoms with Gasteiger partial charge in [-0.15, -0.1) is 0 Å². The number of aliphatic hydroxyl groups is 2. The Labute approximate surface area is 228 Å². The molecule has 5 heteroatoms. The van der Waals surface area contributed by atoms with E-state index in [9.17, 15) is 20.1 Å². The Bertz CT molecular complexity index is 1100. The van der Waals surface area contributed by atoms with Gasteiger partial charge in [-0.1, -0.05) is 39.8 Å². The number of carbonyl (C=O) groups is 1. The third-order valence-corrected chi connectivity index (χ3v) is 16.1. The van der Waals surface area contributed by atoms with Crippen LogP contribution in [0.4, 0.5) is 0 Å². The first-order valence-electron chi connectivity index (χ1n) is 15.6. The second kappa shape index (κ2) is 7.29. The molecule has 6 fully saturated rings. The Kier molecular flexibility index (Phi) is 4.99. The predicted molar refractivity (Wildman–Crippen MR) is 145 cm³/mol. The summed E-state index contributed by atoms with van der Waals surface area (Å²) in [5.74, 6) is -0.649. The van der Waals surface area contributed by atoms with E-state index >= 15 is 0 Å². The fourth-order valence-corrected chi connectivity index (χ4v) is 13.5. The van der Waals surface area contributed by atoms with Gasteiger partial charge in [-0.25, -0.2) is 0 Å². The van der Waals surface area contributed by atoms with Crippen molar-refractivity contribution in [1.82, 2.24) is 0 Å². The standard InChI is InChI=1S/C33H50O5/c1-21-31-10-8-23-28(4)14-13-26(2)11-12-27(3,25(35)36)18-24(26)29(28,5)15-16-30(23)9-6-7-22(32(30,31)19-34)17-33(21,37)38-20-31/h6-7,21-24,34,37H,8-20H2,1-5H3,(H,35,36). The second-order valence-electron chi connectivity index (χ2n) is 16.4. The van der Waals surface area contributed by atoms with Gasteiger partial charge in [0.2, 0.25) is 0 Å². The molecule has 0 radical (unpaired) electrons. The zero-order valence-corrected chi connectivity index (χ0v) is 24.3. The highest BCUT2D eigenvalue weighted by atomic mass is 16.6. The monoisotopic (exact) mass is 526 g/mol. The fourth-order valence-electron chi connectivity index (χ4n) is 13.5. The molecule has 1 saturated heterocycles. The minimum absolute atomic E-state index is 0.00449. The Morgan fingerprint density at radius 3 is 2.32 bits per heavy atom. The number of ether oxygens (including phenoxy) is 1. The van der Waals surface area contributed by atoms with Crippen LogP contribution >= 0.6 is 0 Å². The van der Waals surface area contributed by atoms with E-state index in [1.807, 2.05) is 6.92 Å². The number of carboxylic acids is 1. The molecule has 6 aliphatic carbocycles. The zero-order valence-electron chi connectivity index (χ0n) is 24.3. The van der Waals surface area contributed by atoms with Crippen LogP contribution in [0.25, 0.3) is 0 Å². The summed E-state index contributed by atoms with van der Waals surface area (Å²) in [6.07, 6.45) is 15.6. The molecular weight excluding hydrogens is 476 g/mol. The number of aliphatic carboxylic acids is 1. The van der Waals surface area contributed by atoms with Gasteiger partial charge in [0, 0.05) is 23.2 Å². The van der Waals surface area contributed by atoms with Crippen LogP contribution in [-0.4, -0.2) is 40.3 Å². The average molecular weight is 527 g/mol. The van der Waals surface area contributed by atoms with Gasteiger partial charge in [-0.2, -0.15) is 0 Å². The van der Waals surface area contributed by atoms with Crippen molar-refractivity contribution in [2.24, 2.45) is 61.6 Å². The van der Waals surface area contributed by atoms with Crippen molar-refractivity contribution in [1.29, 1.82) is 0 Å². The minimum atomic E-state index is -1.08. The minimum Gasteiger partial charge on any atom is -0.481 e. The Morgan fingerprint density at radius 2 is 1.61 bits per heavy atom. The van der Waals surface area contributed by atoms with Crippen molar-refractivity contribution in [3.8, 4) is 0 Å². The lowest BCUT2D eigenvalue weighted by atomic mass is 9.24. The summed E-state index contributed by atoms with van der Waals surface area (Å²) >= 11 is 0. The third kappa shape index (κ3) is 2.49. The summed E-state index contributed by atoms with van der Waals surface area (Å²) < 4.78 is 6.28. The van der Waals surface area contributed by atoms with Gasteiger partial charge >= 0.3 is 5.97 Å². The van der Waals surface area contributed by atoms with E-state index in [2.05, 4.69) is 39.8 Å². The van der Waals surface area contributed by atoms with Crippen molar-refractivity contribution >= 4 is 5.97 Å². The third-order valence-electron chi connectivity index (χ3n) is 16.1. The molecule has 1 heterocycles. The molecule has 38 heavy (non-hydrogen) atoms. The maximum Gasteiger partial charge on any atom is 0.309 e. The molecule has 7 aliphatic rings. The second-order valence-corrected chi connectivity index (χ2v) is 16.4. The van der Waals surface area contributed by atoms with Crippen LogP contribution in [0.2, 0.25) is 0 Å². The number of hydrogen-bond acceptors (Lipinski definition) is 4. The zero-order chi connectivity index (χ0) is 27.2. The number of allylic oxidation sites excluding steroid dienone is 2. The van der Waals surface area contributed by atoms with Gasteiger partial charge in [0.25, 0.3) is 0 Å². The Hall–Kier alpha value is -0.910. The topological polar surface area (TPSA) is 87.0 Å². The maximum atomic E-state index is 12.5. The van der Waals surface area contributed by atoms with Gasteiger partial charge in [-0.05, 0) is 111 Å². The highest BCUT2D eigenvalue weighted by Gasteiger charge is 2.82. The largest absolute Gasteiger partial charge is 0.481 e. The molecule has 3 N–H and O–H groups in total. The molecule has 12 unspecified atom stereocenters. The molecule has 0 aromatic carbocycles. The average Bonchev–Trinajstić information content (AvgIpc) is 3.04. The first-order valence-corrected chi connectivity index (χ1v) is 15.6. The molecule has 12 atom stereocenters. The van der Waals surface area contributed by atoms with Crippen LogP contribution in [0.15, 0.2) is 12.2 Å². The van der Waals surface area contributed by atoms with Gasteiger partial charge in [0.15, 0.2) is 5.79 Å². The van der Waals surface area contributed by atoms with E-state index in [1.54, 1.807) is 0 Å². The van der Waals surface area contributed by atoms with E-state index in [4.69, 9.17) is 4.74 Å². The smallest absolute Gasteiger partial charge is 0.309 e. The molecule has 0 amide bonds. The Balaban J connectivity index is 1.37. The van der Waals surface area contributed by atoms with Crippen LogP contribution in [-0.2, 0) is 9.53 Å². The summed E-state index contributed by atoms with van der Waals surface area (Å²) in [5.41, 5.74) is -0.710. The number of carboxylic acid groups (broad SMARTS) is 1. The number of hydrogen-bond donors (Lipinski definition) is 3. The van der Waals surface area contributed by atoms with Crippen LogP contribution in [0, 0.1) is 61.6 Å². The van der Waals surface area contributed by atoms with Gasteiger partial charge < -0.3 is 20.1 Å². The lowest BCUT2D eigenvalue weighted by Crippen LogP contribution is -2.76. The van der Waals surface area contributed by atoms with Crippen molar-refractivity contribution < 1.29 is 24.9 Å². The molecule has 1 aliphatic heterocycles. The maximum absolute atomic E-state index is 12.5. The normalized spacial score (nSPS) is 62.3. The van der Waals surface area contributed by atoms with Crippen molar-refractivity contribution in [3.05, 3.63) is 12.2 Å². The van der Waals surface area contributed by atoms with Crippen LogP contribution in [0.5, 0.6) is 0 Å². The Morgan fingerprint density at radius 1 is 0.921 bits per heavy atom.